The van der Waals surface area contributed by atoms with Crippen molar-refractivity contribution in [3.63, 3.8) is 0 Å². The second-order valence-corrected chi connectivity index (χ2v) is 5.57. The van der Waals surface area contributed by atoms with Gasteiger partial charge in [0.25, 0.3) is 0 Å². The van der Waals surface area contributed by atoms with Crippen LogP contribution in [0, 0.1) is 0 Å². The van der Waals surface area contributed by atoms with Crippen LogP contribution in [0.5, 0.6) is 0 Å². The molecule has 5 heteroatoms. The molecule has 1 unspecified atom stereocenters. The number of nitrogens with zero attached hydrogens (tertiary/aromatic N) is 2. The van der Waals surface area contributed by atoms with Gasteiger partial charge in [0.15, 0.2) is 0 Å². The molecule has 2 rings (SSSR count). The Kier molecular flexibility index (Phi) is 3.89. The Morgan fingerprint density at radius 3 is 2.71 bits per heavy atom. The summed E-state index contributed by atoms with van der Waals surface area (Å²) in [5, 5.41) is 4.32. The van der Waals surface area contributed by atoms with E-state index in [2.05, 4.69) is 56.0 Å². The van der Waals surface area contributed by atoms with Gasteiger partial charge in [0.1, 0.15) is 5.82 Å². The highest BCUT2D eigenvalue weighted by atomic mass is 79.9. The molecule has 0 amide bonds. The number of aromatic nitrogens is 2. The van der Waals surface area contributed by atoms with E-state index in [0.29, 0.717) is 5.82 Å². The zero-order valence-electron chi connectivity index (χ0n) is 9.40. The monoisotopic (exact) mass is 357 g/mol. The number of benzene rings is 1. The van der Waals surface area contributed by atoms with E-state index in [0.717, 1.165) is 15.4 Å². The maximum absolute atomic E-state index is 6.00. The Morgan fingerprint density at radius 1 is 1.41 bits per heavy atom. The second kappa shape index (κ2) is 5.23. The van der Waals surface area contributed by atoms with Gasteiger partial charge in [-0.2, -0.15) is 5.10 Å². The van der Waals surface area contributed by atoms with Crippen molar-refractivity contribution >= 4 is 37.7 Å². The third-order valence-electron chi connectivity index (χ3n) is 2.70. The summed E-state index contributed by atoms with van der Waals surface area (Å²) < 4.78 is 3.76. The van der Waals surface area contributed by atoms with E-state index in [9.17, 15) is 0 Å². The highest BCUT2D eigenvalue weighted by Crippen LogP contribution is 2.29. The summed E-state index contributed by atoms with van der Waals surface area (Å²) in [6.45, 7) is 2.13. The van der Waals surface area contributed by atoms with Crippen LogP contribution in [0.4, 0.5) is 5.82 Å². The maximum atomic E-state index is 6.00. The van der Waals surface area contributed by atoms with Crippen LogP contribution in [0.15, 0.2) is 39.4 Å². The van der Waals surface area contributed by atoms with Crippen LogP contribution in [0.3, 0.4) is 0 Å². The molecule has 0 fully saturated rings. The number of nitrogens with two attached hydrogens (primary N) is 1. The van der Waals surface area contributed by atoms with Gasteiger partial charge in [-0.15, -0.1) is 0 Å². The van der Waals surface area contributed by atoms with E-state index in [-0.39, 0.29) is 6.04 Å². The normalized spacial score (nSPS) is 12.6. The van der Waals surface area contributed by atoms with Crippen molar-refractivity contribution in [3.8, 4) is 0 Å². The molecule has 2 aromatic rings. The Morgan fingerprint density at radius 2 is 2.18 bits per heavy atom. The molecule has 0 aliphatic rings. The average Bonchev–Trinajstić information content (AvgIpc) is 2.63. The summed E-state index contributed by atoms with van der Waals surface area (Å²) in [5.74, 6) is 0.664. The molecular formula is C12H13Br2N3. The maximum Gasteiger partial charge on any atom is 0.136 e. The number of nitrogen functional groups attached to an aromatic ring is 1. The highest BCUT2D eigenvalue weighted by molar-refractivity contribution is 9.10. The first kappa shape index (κ1) is 12.6. The van der Waals surface area contributed by atoms with Gasteiger partial charge in [0.2, 0.25) is 0 Å². The van der Waals surface area contributed by atoms with Gasteiger partial charge in [-0.3, -0.25) is 0 Å². The van der Waals surface area contributed by atoms with E-state index in [4.69, 9.17) is 5.73 Å². The van der Waals surface area contributed by atoms with E-state index in [1.54, 1.807) is 6.20 Å². The van der Waals surface area contributed by atoms with Crippen molar-refractivity contribution in [2.75, 3.05) is 5.73 Å². The molecule has 0 aliphatic heterocycles. The first-order chi connectivity index (χ1) is 8.13. The highest BCUT2D eigenvalue weighted by Gasteiger charge is 2.16. The van der Waals surface area contributed by atoms with Gasteiger partial charge < -0.3 is 5.73 Å². The third-order valence-corrected chi connectivity index (χ3v) is 3.81. The lowest BCUT2D eigenvalue weighted by atomic mass is 10.1. The molecule has 0 aliphatic carbocycles. The Hall–Kier alpha value is -0.810. The van der Waals surface area contributed by atoms with Crippen LogP contribution >= 0.6 is 31.9 Å². The standard InChI is InChI=1S/C12H13Br2N3/c1-2-11(8-4-3-5-9(13)6-8)17-12(15)10(14)7-16-17/h3-7,11H,2,15H2,1H3. The second-order valence-electron chi connectivity index (χ2n) is 3.80. The van der Waals surface area contributed by atoms with Gasteiger partial charge in [-0.05, 0) is 40.0 Å². The fourth-order valence-corrected chi connectivity index (χ4v) is 2.55. The van der Waals surface area contributed by atoms with Crippen LogP contribution in [0.25, 0.3) is 0 Å². The Balaban J connectivity index is 2.44. The fraction of sp³-hybridized carbons (Fsp3) is 0.250. The van der Waals surface area contributed by atoms with Crippen LogP contribution in [-0.4, -0.2) is 9.78 Å². The van der Waals surface area contributed by atoms with E-state index in [1.807, 2.05) is 16.8 Å². The molecule has 17 heavy (non-hydrogen) atoms. The largest absolute Gasteiger partial charge is 0.383 e. The van der Waals surface area contributed by atoms with Gasteiger partial charge in [0.05, 0.1) is 16.7 Å². The molecule has 1 aromatic heterocycles. The molecule has 1 atom stereocenters. The lowest BCUT2D eigenvalue weighted by molar-refractivity contribution is 0.516. The summed E-state index contributed by atoms with van der Waals surface area (Å²) in [6.07, 6.45) is 2.67. The van der Waals surface area contributed by atoms with Gasteiger partial charge in [-0.25, -0.2) is 4.68 Å². The topological polar surface area (TPSA) is 43.8 Å². The summed E-state index contributed by atoms with van der Waals surface area (Å²) in [5.41, 5.74) is 7.19. The molecule has 1 aromatic carbocycles. The Labute approximate surface area is 117 Å². The third kappa shape index (κ3) is 2.55. The molecule has 0 saturated heterocycles. The van der Waals surface area contributed by atoms with Crippen LogP contribution in [0.1, 0.15) is 24.9 Å². The number of halogens is 2. The van der Waals surface area contributed by atoms with Crippen LogP contribution in [-0.2, 0) is 0 Å². The number of hydrogen-bond acceptors (Lipinski definition) is 2. The van der Waals surface area contributed by atoms with Crippen molar-refractivity contribution in [2.24, 2.45) is 0 Å². The zero-order chi connectivity index (χ0) is 12.4. The first-order valence-corrected chi connectivity index (χ1v) is 6.96. The van der Waals surface area contributed by atoms with E-state index in [1.165, 1.54) is 5.56 Å². The Bertz CT molecular complexity index is 522. The minimum absolute atomic E-state index is 0.166. The predicted octanol–water partition coefficient (Wildman–Crippen LogP) is 3.99. The summed E-state index contributed by atoms with van der Waals surface area (Å²) in [4.78, 5) is 0. The SMILES string of the molecule is CCC(c1cccc(Br)c1)n1ncc(Br)c1N. The molecule has 1 heterocycles. The molecule has 90 valence electrons. The number of anilines is 1. The number of rotatable bonds is 3. The van der Waals surface area contributed by atoms with Gasteiger partial charge in [-0.1, -0.05) is 35.0 Å². The summed E-state index contributed by atoms with van der Waals surface area (Å²) >= 11 is 6.87. The first-order valence-electron chi connectivity index (χ1n) is 5.37. The smallest absolute Gasteiger partial charge is 0.136 e. The van der Waals surface area contributed by atoms with Gasteiger partial charge in [0, 0.05) is 4.47 Å². The minimum atomic E-state index is 0.166. The lowest BCUT2D eigenvalue weighted by Crippen LogP contribution is -2.13. The van der Waals surface area contributed by atoms with Crippen molar-refractivity contribution in [1.82, 2.24) is 9.78 Å². The molecule has 3 nitrogen and oxygen atoms in total. The van der Waals surface area contributed by atoms with Crippen molar-refractivity contribution in [1.29, 1.82) is 0 Å². The van der Waals surface area contributed by atoms with Gasteiger partial charge >= 0.3 is 0 Å². The predicted molar refractivity (Wildman–Crippen MR) is 76.9 cm³/mol. The van der Waals surface area contributed by atoms with E-state index >= 15 is 0 Å². The zero-order valence-corrected chi connectivity index (χ0v) is 12.6. The molecule has 0 spiro atoms. The molecule has 0 radical (unpaired) electrons. The summed E-state index contributed by atoms with van der Waals surface area (Å²) in [7, 11) is 0. The van der Waals surface area contributed by atoms with Crippen molar-refractivity contribution < 1.29 is 0 Å². The van der Waals surface area contributed by atoms with Crippen LogP contribution < -0.4 is 5.73 Å². The molecule has 2 N–H and O–H groups in total. The van der Waals surface area contributed by atoms with Crippen molar-refractivity contribution in [3.05, 3.63) is 45.0 Å². The number of hydrogen-bond donors (Lipinski definition) is 1. The molecular weight excluding hydrogens is 346 g/mol. The molecule has 0 saturated carbocycles. The minimum Gasteiger partial charge on any atom is -0.383 e. The summed E-state index contributed by atoms with van der Waals surface area (Å²) in [6, 6.07) is 8.39. The van der Waals surface area contributed by atoms with Crippen LogP contribution in [0.2, 0.25) is 0 Å². The lowest BCUT2D eigenvalue weighted by Gasteiger charge is -2.17. The van der Waals surface area contributed by atoms with E-state index < -0.39 is 0 Å². The molecule has 0 bridgehead atoms. The average molecular weight is 359 g/mol. The quantitative estimate of drug-likeness (QED) is 0.901. The fourth-order valence-electron chi connectivity index (χ4n) is 1.86. The van der Waals surface area contributed by atoms with Crippen molar-refractivity contribution in [2.45, 2.75) is 19.4 Å².